The minimum absolute atomic E-state index is 0.00146. The highest BCUT2D eigenvalue weighted by Gasteiger charge is 2.29. The first kappa shape index (κ1) is 18.2. The van der Waals surface area contributed by atoms with Crippen molar-refractivity contribution in [3.05, 3.63) is 65.7 Å². The molecule has 0 bridgehead atoms. The van der Waals surface area contributed by atoms with E-state index in [1.165, 1.54) is 5.56 Å². The Labute approximate surface area is 162 Å². The van der Waals surface area contributed by atoms with Crippen molar-refractivity contribution >= 4 is 5.91 Å². The number of hydrogen-bond donors (Lipinski definition) is 1. The van der Waals surface area contributed by atoms with Gasteiger partial charge in [-0.05, 0) is 59.2 Å². The molecular weight excluding hydrogens is 356 g/mol. The van der Waals surface area contributed by atoms with E-state index in [0.717, 1.165) is 17.7 Å². The first-order valence-electron chi connectivity index (χ1n) is 9.29. The van der Waals surface area contributed by atoms with Gasteiger partial charge in [0.1, 0.15) is 0 Å². The number of hydrogen-bond acceptors (Lipinski definition) is 6. The Bertz CT molecular complexity index is 925. The van der Waals surface area contributed by atoms with Crippen molar-refractivity contribution in [3.8, 4) is 5.69 Å². The number of amides is 1. The quantitative estimate of drug-likeness (QED) is 0.694. The van der Waals surface area contributed by atoms with E-state index >= 15 is 0 Å². The van der Waals surface area contributed by atoms with Gasteiger partial charge in [-0.1, -0.05) is 12.1 Å². The van der Waals surface area contributed by atoms with Gasteiger partial charge < -0.3 is 10.1 Å². The molecule has 0 saturated carbocycles. The van der Waals surface area contributed by atoms with E-state index in [4.69, 9.17) is 4.74 Å². The van der Waals surface area contributed by atoms with Crippen molar-refractivity contribution in [2.24, 2.45) is 5.92 Å². The van der Waals surface area contributed by atoms with E-state index in [0.29, 0.717) is 25.5 Å². The molecule has 1 saturated heterocycles. The van der Waals surface area contributed by atoms with Gasteiger partial charge in [0, 0.05) is 18.3 Å². The fraction of sp³-hybridized carbons (Fsp3) is 0.350. The van der Waals surface area contributed by atoms with Crippen molar-refractivity contribution in [1.29, 1.82) is 0 Å². The summed E-state index contributed by atoms with van der Waals surface area (Å²) in [4.78, 5) is 16.6. The normalized spacial score (nSPS) is 18.9. The lowest BCUT2D eigenvalue weighted by Gasteiger charge is -2.19. The van der Waals surface area contributed by atoms with Crippen LogP contribution >= 0.6 is 0 Å². The molecule has 8 heteroatoms. The molecule has 1 aromatic carbocycles. The van der Waals surface area contributed by atoms with Crippen molar-refractivity contribution < 1.29 is 9.53 Å². The van der Waals surface area contributed by atoms with Gasteiger partial charge in [0.2, 0.25) is 5.91 Å². The largest absolute Gasteiger partial charge is 0.379 e. The Balaban J connectivity index is 1.34. The Morgan fingerprint density at radius 1 is 1.14 bits per heavy atom. The summed E-state index contributed by atoms with van der Waals surface area (Å²) >= 11 is 0. The summed E-state index contributed by atoms with van der Waals surface area (Å²) in [5, 5.41) is 14.6. The van der Waals surface area contributed by atoms with E-state index in [9.17, 15) is 4.79 Å². The molecule has 1 N–H and O–H groups in total. The molecule has 2 aromatic heterocycles. The Morgan fingerprint density at radius 2 is 1.93 bits per heavy atom. The number of rotatable bonds is 6. The first-order valence-corrected chi connectivity index (χ1v) is 9.29. The fourth-order valence-corrected chi connectivity index (χ4v) is 3.45. The Kier molecular flexibility index (Phi) is 5.38. The molecule has 3 heterocycles. The van der Waals surface area contributed by atoms with Crippen molar-refractivity contribution in [2.75, 3.05) is 13.2 Å². The average molecular weight is 378 g/mol. The van der Waals surface area contributed by atoms with E-state index in [1.54, 1.807) is 17.1 Å². The zero-order valence-electron chi connectivity index (χ0n) is 15.7. The van der Waals surface area contributed by atoms with Crippen molar-refractivity contribution in [2.45, 2.75) is 25.8 Å². The van der Waals surface area contributed by atoms with Crippen LogP contribution in [-0.2, 0) is 22.4 Å². The summed E-state index contributed by atoms with van der Waals surface area (Å²) in [6.07, 6.45) is 4.78. The van der Waals surface area contributed by atoms with Crippen LogP contribution in [0.5, 0.6) is 0 Å². The number of benzene rings is 1. The van der Waals surface area contributed by atoms with Gasteiger partial charge in [0.25, 0.3) is 0 Å². The molecule has 144 valence electrons. The summed E-state index contributed by atoms with van der Waals surface area (Å²) in [5.74, 6) is 0.991. The maximum Gasteiger partial charge on any atom is 0.224 e. The van der Waals surface area contributed by atoms with Crippen LogP contribution in [0, 0.1) is 12.8 Å². The van der Waals surface area contributed by atoms with E-state index < -0.39 is 0 Å². The average Bonchev–Trinajstić information content (AvgIpc) is 3.32. The summed E-state index contributed by atoms with van der Waals surface area (Å²) in [6.45, 7) is 3.06. The van der Waals surface area contributed by atoms with Crippen LogP contribution in [-0.4, -0.2) is 50.4 Å². The second-order valence-electron chi connectivity index (χ2n) is 7.01. The molecule has 1 amide bonds. The van der Waals surface area contributed by atoms with Crippen LogP contribution in [0.1, 0.15) is 17.0 Å². The predicted molar refractivity (Wildman–Crippen MR) is 102 cm³/mol. The third-order valence-corrected chi connectivity index (χ3v) is 4.96. The fourth-order valence-electron chi connectivity index (χ4n) is 3.45. The number of nitrogens with zero attached hydrogens (tertiary/aromatic N) is 5. The van der Waals surface area contributed by atoms with Gasteiger partial charge in [-0.3, -0.25) is 9.78 Å². The molecule has 1 aliphatic heterocycles. The van der Waals surface area contributed by atoms with Crippen LogP contribution < -0.4 is 5.32 Å². The molecule has 2 atom stereocenters. The second-order valence-corrected chi connectivity index (χ2v) is 7.01. The number of aromatic nitrogens is 5. The predicted octanol–water partition coefficient (Wildman–Crippen LogP) is 1.28. The van der Waals surface area contributed by atoms with Crippen LogP contribution in [0.3, 0.4) is 0 Å². The van der Waals surface area contributed by atoms with E-state index in [1.807, 2.05) is 43.3 Å². The highest BCUT2D eigenvalue weighted by Crippen LogP contribution is 2.19. The molecule has 0 aliphatic carbocycles. The van der Waals surface area contributed by atoms with Crippen LogP contribution in [0.2, 0.25) is 0 Å². The SMILES string of the molecule is Cc1nnnn1-c1ccc(CC(=O)N[C@@H]2COC[C@H]2Cc2ccncc2)cc1. The van der Waals surface area contributed by atoms with E-state index in [2.05, 4.69) is 25.8 Å². The molecule has 0 spiro atoms. The number of tetrazole rings is 1. The standard InChI is InChI=1S/C20H22N6O2/c1-14-23-24-25-26(14)18-4-2-15(3-5-18)11-20(27)22-19-13-28-12-17(19)10-16-6-8-21-9-7-16/h2-9,17,19H,10-13H2,1H3,(H,22,27)/t17-,19-/m1/s1. The molecule has 28 heavy (non-hydrogen) atoms. The molecule has 4 rings (SSSR count). The van der Waals surface area contributed by atoms with Gasteiger partial charge in [-0.25, -0.2) is 0 Å². The van der Waals surface area contributed by atoms with Crippen LogP contribution in [0.4, 0.5) is 0 Å². The summed E-state index contributed by atoms with van der Waals surface area (Å²) in [5.41, 5.74) is 3.02. The molecule has 1 aliphatic rings. The van der Waals surface area contributed by atoms with Crippen molar-refractivity contribution in [3.63, 3.8) is 0 Å². The molecule has 0 radical (unpaired) electrons. The molecule has 3 aromatic rings. The monoisotopic (exact) mass is 378 g/mol. The molecule has 8 nitrogen and oxygen atoms in total. The van der Waals surface area contributed by atoms with Gasteiger partial charge in [0.15, 0.2) is 5.82 Å². The highest BCUT2D eigenvalue weighted by molar-refractivity contribution is 5.79. The molecule has 0 unspecified atom stereocenters. The lowest BCUT2D eigenvalue weighted by molar-refractivity contribution is -0.121. The lowest BCUT2D eigenvalue weighted by Crippen LogP contribution is -2.41. The van der Waals surface area contributed by atoms with Crippen LogP contribution in [0.15, 0.2) is 48.8 Å². The number of nitrogens with one attached hydrogen (secondary N) is 1. The first-order chi connectivity index (χ1) is 13.7. The second kappa shape index (κ2) is 8.26. The lowest BCUT2D eigenvalue weighted by atomic mass is 9.95. The summed E-state index contributed by atoms with van der Waals surface area (Å²) in [7, 11) is 0. The smallest absolute Gasteiger partial charge is 0.224 e. The van der Waals surface area contributed by atoms with Crippen molar-refractivity contribution in [1.82, 2.24) is 30.5 Å². The maximum absolute atomic E-state index is 12.5. The minimum Gasteiger partial charge on any atom is -0.379 e. The number of carbonyl (C=O) groups is 1. The highest BCUT2D eigenvalue weighted by atomic mass is 16.5. The van der Waals surface area contributed by atoms with Gasteiger partial charge in [-0.2, -0.15) is 4.68 Å². The summed E-state index contributed by atoms with van der Waals surface area (Å²) < 4.78 is 7.27. The Morgan fingerprint density at radius 3 is 2.64 bits per heavy atom. The Hall–Kier alpha value is -3.13. The summed E-state index contributed by atoms with van der Waals surface area (Å²) in [6, 6.07) is 11.7. The maximum atomic E-state index is 12.5. The van der Waals surface area contributed by atoms with E-state index in [-0.39, 0.29) is 17.9 Å². The zero-order chi connectivity index (χ0) is 19.3. The number of aryl methyl sites for hydroxylation is 1. The zero-order valence-corrected chi connectivity index (χ0v) is 15.7. The van der Waals surface area contributed by atoms with Gasteiger partial charge in [0.05, 0.1) is 31.4 Å². The molecular formula is C20H22N6O2. The molecule has 1 fully saturated rings. The third-order valence-electron chi connectivity index (χ3n) is 4.96. The minimum atomic E-state index is 0.00146. The van der Waals surface area contributed by atoms with Gasteiger partial charge in [-0.15, -0.1) is 5.10 Å². The number of carbonyl (C=O) groups excluding carboxylic acids is 1. The van der Waals surface area contributed by atoms with Gasteiger partial charge >= 0.3 is 0 Å². The number of ether oxygens (including phenoxy) is 1. The third kappa shape index (κ3) is 4.23. The van der Waals surface area contributed by atoms with Crippen LogP contribution in [0.25, 0.3) is 5.69 Å². The number of pyridine rings is 1. The topological polar surface area (TPSA) is 94.8 Å².